The Hall–Kier alpha value is -1.76. The molecule has 0 unspecified atom stereocenters. The summed E-state index contributed by atoms with van der Waals surface area (Å²) in [5, 5.41) is 2.44. The van der Waals surface area contributed by atoms with Gasteiger partial charge in [0.1, 0.15) is 11.5 Å². The highest BCUT2D eigenvalue weighted by molar-refractivity contribution is 7.92. The summed E-state index contributed by atoms with van der Waals surface area (Å²) in [7, 11) is -3.77. The van der Waals surface area contributed by atoms with Gasteiger partial charge in [-0.2, -0.15) is 0 Å². The Labute approximate surface area is 112 Å². The Morgan fingerprint density at radius 1 is 1.37 bits per heavy atom. The average molecular weight is 286 g/mol. The van der Waals surface area contributed by atoms with Gasteiger partial charge in [-0.25, -0.2) is 8.42 Å². The molecule has 0 aromatic heterocycles. The molecular formula is C12H18N2O4S. The standard InChI is InChI=1S/C12H18N2O4S/c1-3-14-12(15)8-19(16,17)11-7-9(18-4-2)5-6-10(11)13/h5-7H,3-4,8,13H2,1-2H3,(H,14,15). The fraction of sp³-hybridized carbons (Fsp3) is 0.417. The molecule has 0 radical (unpaired) electrons. The third-order valence-electron chi connectivity index (χ3n) is 2.33. The Bertz CT molecular complexity index is 555. The molecular weight excluding hydrogens is 268 g/mol. The number of rotatable bonds is 6. The molecule has 1 amide bonds. The number of anilines is 1. The van der Waals surface area contributed by atoms with E-state index in [0.717, 1.165) is 0 Å². The van der Waals surface area contributed by atoms with Gasteiger partial charge in [0.15, 0.2) is 9.84 Å². The van der Waals surface area contributed by atoms with Crippen molar-refractivity contribution in [2.75, 3.05) is 24.6 Å². The van der Waals surface area contributed by atoms with Gasteiger partial charge in [-0.3, -0.25) is 4.79 Å². The van der Waals surface area contributed by atoms with Gasteiger partial charge >= 0.3 is 0 Å². The number of amides is 1. The van der Waals surface area contributed by atoms with Crippen LogP contribution in [0, 0.1) is 0 Å². The zero-order chi connectivity index (χ0) is 14.5. The molecule has 7 heteroatoms. The van der Waals surface area contributed by atoms with Crippen molar-refractivity contribution in [1.82, 2.24) is 5.32 Å². The summed E-state index contributed by atoms with van der Waals surface area (Å²) in [6, 6.07) is 4.38. The van der Waals surface area contributed by atoms with E-state index in [9.17, 15) is 13.2 Å². The Balaban J connectivity index is 3.06. The lowest BCUT2D eigenvalue weighted by molar-refractivity contribution is -0.118. The highest BCUT2D eigenvalue weighted by Crippen LogP contribution is 2.25. The second-order valence-corrected chi connectivity index (χ2v) is 5.80. The van der Waals surface area contributed by atoms with Gasteiger partial charge in [0, 0.05) is 12.6 Å². The summed E-state index contributed by atoms with van der Waals surface area (Å²) < 4.78 is 29.4. The van der Waals surface area contributed by atoms with Crippen LogP contribution in [0.25, 0.3) is 0 Å². The molecule has 19 heavy (non-hydrogen) atoms. The lowest BCUT2D eigenvalue weighted by atomic mass is 10.3. The zero-order valence-corrected chi connectivity index (χ0v) is 11.8. The zero-order valence-electron chi connectivity index (χ0n) is 11.0. The lowest BCUT2D eigenvalue weighted by Crippen LogP contribution is -2.30. The van der Waals surface area contributed by atoms with Crippen LogP contribution < -0.4 is 15.8 Å². The number of nitrogens with one attached hydrogen (secondary N) is 1. The first kappa shape index (κ1) is 15.3. The van der Waals surface area contributed by atoms with Crippen LogP contribution in [0.1, 0.15) is 13.8 Å². The summed E-state index contributed by atoms with van der Waals surface area (Å²) in [4.78, 5) is 11.3. The van der Waals surface area contributed by atoms with E-state index in [0.29, 0.717) is 18.9 Å². The summed E-state index contributed by atoms with van der Waals surface area (Å²) in [5.74, 6) is -0.768. The molecule has 1 aromatic rings. The van der Waals surface area contributed by atoms with E-state index in [1.54, 1.807) is 19.9 Å². The van der Waals surface area contributed by atoms with Crippen LogP contribution in [0.3, 0.4) is 0 Å². The number of nitrogens with two attached hydrogens (primary N) is 1. The SMILES string of the molecule is CCNC(=O)CS(=O)(=O)c1cc(OCC)ccc1N. The average Bonchev–Trinajstić information content (AvgIpc) is 2.31. The minimum absolute atomic E-state index is 0.0790. The van der Waals surface area contributed by atoms with Gasteiger partial charge in [0.25, 0.3) is 0 Å². The number of ether oxygens (including phenoxy) is 1. The molecule has 106 valence electrons. The van der Waals surface area contributed by atoms with Gasteiger partial charge in [-0.1, -0.05) is 0 Å². The van der Waals surface area contributed by atoms with E-state index in [1.807, 2.05) is 0 Å². The maximum atomic E-state index is 12.1. The predicted molar refractivity (Wildman–Crippen MR) is 72.8 cm³/mol. The maximum Gasteiger partial charge on any atom is 0.235 e. The van der Waals surface area contributed by atoms with E-state index in [4.69, 9.17) is 10.5 Å². The molecule has 6 nitrogen and oxygen atoms in total. The largest absolute Gasteiger partial charge is 0.494 e. The van der Waals surface area contributed by atoms with Crippen molar-refractivity contribution in [1.29, 1.82) is 0 Å². The van der Waals surface area contributed by atoms with Gasteiger partial charge < -0.3 is 15.8 Å². The number of hydrogen-bond acceptors (Lipinski definition) is 5. The van der Waals surface area contributed by atoms with Crippen molar-refractivity contribution >= 4 is 21.4 Å². The molecule has 1 aromatic carbocycles. The third kappa shape index (κ3) is 4.13. The molecule has 1 rings (SSSR count). The van der Waals surface area contributed by atoms with Crippen molar-refractivity contribution in [3.05, 3.63) is 18.2 Å². The van der Waals surface area contributed by atoms with Crippen molar-refractivity contribution in [2.24, 2.45) is 0 Å². The summed E-state index contributed by atoms with van der Waals surface area (Å²) in [5.41, 5.74) is 5.76. The second-order valence-electron chi connectivity index (χ2n) is 3.85. The first-order chi connectivity index (χ1) is 8.90. The molecule has 0 atom stereocenters. The third-order valence-corrected chi connectivity index (χ3v) is 3.99. The fourth-order valence-corrected chi connectivity index (χ4v) is 2.86. The predicted octanol–water partition coefficient (Wildman–Crippen LogP) is 0.577. The van der Waals surface area contributed by atoms with Crippen LogP contribution >= 0.6 is 0 Å². The van der Waals surface area contributed by atoms with Crippen LogP contribution in [0.2, 0.25) is 0 Å². The van der Waals surface area contributed by atoms with E-state index < -0.39 is 21.5 Å². The topological polar surface area (TPSA) is 98.5 Å². The van der Waals surface area contributed by atoms with Crippen molar-refractivity contribution in [3.8, 4) is 5.75 Å². The minimum atomic E-state index is -3.77. The molecule has 0 bridgehead atoms. The van der Waals surface area contributed by atoms with Crippen molar-refractivity contribution in [3.63, 3.8) is 0 Å². The monoisotopic (exact) mass is 286 g/mol. The Kier molecular flexibility index (Phi) is 5.17. The summed E-state index contributed by atoms with van der Waals surface area (Å²) in [6.45, 7) is 4.30. The normalized spacial score (nSPS) is 11.1. The summed E-state index contributed by atoms with van der Waals surface area (Å²) in [6.07, 6.45) is 0. The molecule has 0 saturated carbocycles. The van der Waals surface area contributed by atoms with Gasteiger partial charge in [0.05, 0.1) is 17.2 Å². The molecule has 0 aliphatic rings. The number of carbonyl (C=O) groups excluding carboxylic acids is 1. The molecule has 0 spiro atoms. The molecule has 0 aliphatic heterocycles. The van der Waals surface area contributed by atoms with Crippen molar-refractivity contribution < 1.29 is 17.9 Å². The van der Waals surface area contributed by atoms with Crippen LogP contribution in [0.5, 0.6) is 5.75 Å². The Morgan fingerprint density at radius 3 is 2.63 bits per heavy atom. The van der Waals surface area contributed by atoms with E-state index in [-0.39, 0.29) is 10.6 Å². The van der Waals surface area contributed by atoms with Gasteiger partial charge in [-0.15, -0.1) is 0 Å². The highest BCUT2D eigenvalue weighted by Gasteiger charge is 2.22. The van der Waals surface area contributed by atoms with E-state index in [2.05, 4.69) is 5.32 Å². The number of nitrogen functional groups attached to an aromatic ring is 1. The fourth-order valence-electron chi connectivity index (χ4n) is 1.54. The quantitative estimate of drug-likeness (QED) is 0.745. The van der Waals surface area contributed by atoms with E-state index >= 15 is 0 Å². The second kappa shape index (κ2) is 6.42. The van der Waals surface area contributed by atoms with Crippen LogP contribution in [0.15, 0.2) is 23.1 Å². The first-order valence-corrected chi connectivity index (χ1v) is 7.57. The highest BCUT2D eigenvalue weighted by atomic mass is 32.2. The molecule has 0 heterocycles. The van der Waals surface area contributed by atoms with Crippen LogP contribution in [-0.4, -0.2) is 33.2 Å². The van der Waals surface area contributed by atoms with Crippen LogP contribution in [-0.2, 0) is 14.6 Å². The molecule has 0 saturated heterocycles. The minimum Gasteiger partial charge on any atom is -0.494 e. The number of sulfone groups is 1. The van der Waals surface area contributed by atoms with E-state index in [1.165, 1.54) is 12.1 Å². The first-order valence-electron chi connectivity index (χ1n) is 5.92. The lowest BCUT2D eigenvalue weighted by Gasteiger charge is -2.10. The smallest absolute Gasteiger partial charge is 0.235 e. The van der Waals surface area contributed by atoms with Crippen molar-refractivity contribution in [2.45, 2.75) is 18.7 Å². The molecule has 3 N–H and O–H groups in total. The molecule has 0 aliphatic carbocycles. The van der Waals surface area contributed by atoms with Gasteiger partial charge in [-0.05, 0) is 26.0 Å². The summed E-state index contributed by atoms with van der Waals surface area (Å²) >= 11 is 0. The van der Waals surface area contributed by atoms with Gasteiger partial charge in [0.2, 0.25) is 5.91 Å². The number of benzene rings is 1. The molecule has 0 fully saturated rings. The Morgan fingerprint density at radius 2 is 2.05 bits per heavy atom. The maximum absolute atomic E-state index is 12.1. The number of carbonyl (C=O) groups is 1. The van der Waals surface area contributed by atoms with Crippen LogP contribution in [0.4, 0.5) is 5.69 Å². The number of hydrogen-bond donors (Lipinski definition) is 2.